The van der Waals surface area contributed by atoms with Gasteiger partial charge in [-0.25, -0.2) is 0 Å². The molecule has 0 saturated carbocycles. The Morgan fingerprint density at radius 2 is 1.82 bits per heavy atom. The molecule has 1 N–H and O–H groups in total. The van der Waals surface area contributed by atoms with Crippen molar-refractivity contribution in [3.8, 4) is 0 Å². The van der Waals surface area contributed by atoms with Crippen LogP contribution in [-0.2, 0) is 4.57 Å². The molecule has 0 aliphatic rings. The van der Waals surface area contributed by atoms with Crippen LogP contribution in [0.5, 0.6) is 0 Å². The minimum Gasteiger partial charge on any atom is -0.344 e. The minimum absolute atomic E-state index is 0.430. The molecule has 2 nitrogen and oxygen atoms in total. The third-order valence-corrected chi connectivity index (χ3v) is 3.86. The average molecular weight is 178 g/mol. The first-order chi connectivity index (χ1) is 5.12. The molecule has 0 bridgehead atoms. The maximum absolute atomic E-state index is 11.1. The highest BCUT2D eigenvalue weighted by atomic mass is 31.2. The maximum Gasteiger partial charge on any atom is 0.200 e. The Labute approximate surface area is 69.5 Å². The highest BCUT2D eigenvalue weighted by molar-refractivity contribution is 7.57. The predicted molar refractivity (Wildman–Crippen MR) is 49.4 cm³/mol. The van der Waals surface area contributed by atoms with Gasteiger partial charge in [0.15, 0.2) is 7.37 Å². The third kappa shape index (κ3) is 6.58. The molecule has 0 aromatic rings. The summed E-state index contributed by atoms with van der Waals surface area (Å²) in [5.41, 5.74) is 0. The topological polar surface area (TPSA) is 37.3 Å². The molecular formula is C8H19O2P. The summed E-state index contributed by atoms with van der Waals surface area (Å²) in [6.45, 7) is 3.92. The second-order valence-electron chi connectivity index (χ2n) is 2.95. The summed E-state index contributed by atoms with van der Waals surface area (Å²) < 4.78 is 11.1. The summed E-state index contributed by atoms with van der Waals surface area (Å²) in [6, 6.07) is 0. The lowest BCUT2D eigenvalue weighted by molar-refractivity contribution is 0.475. The van der Waals surface area contributed by atoms with Gasteiger partial charge in [-0.05, 0) is 6.42 Å². The molecule has 0 amide bonds. The van der Waals surface area contributed by atoms with Crippen LogP contribution >= 0.6 is 7.37 Å². The largest absolute Gasteiger partial charge is 0.344 e. The zero-order valence-electron chi connectivity index (χ0n) is 7.55. The summed E-state index contributed by atoms with van der Waals surface area (Å²) >= 11 is 0. The number of hydrogen-bond donors (Lipinski definition) is 1. The van der Waals surface area contributed by atoms with Gasteiger partial charge in [-0.3, -0.25) is 4.57 Å². The fraction of sp³-hybridized carbons (Fsp3) is 1.00. The fourth-order valence-electron chi connectivity index (χ4n) is 0.944. The summed E-state index contributed by atoms with van der Waals surface area (Å²) in [5, 5.41) is 0. The van der Waals surface area contributed by atoms with E-state index in [4.69, 9.17) is 0 Å². The third-order valence-electron chi connectivity index (χ3n) is 1.86. The minimum atomic E-state index is -2.71. The van der Waals surface area contributed by atoms with E-state index in [2.05, 4.69) is 6.92 Å². The second-order valence-corrected chi connectivity index (χ2v) is 5.72. The summed E-state index contributed by atoms with van der Waals surface area (Å²) in [5.74, 6) is 0. The molecule has 3 heteroatoms. The summed E-state index contributed by atoms with van der Waals surface area (Å²) in [7, 11) is -2.71. The predicted octanol–water partition coefficient (Wildman–Crippen LogP) is 2.86. The van der Waals surface area contributed by atoms with E-state index in [0.717, 1.165) is 12.8 Å². The van der Waals surface area contributed by atoms with Crippen LogP contribution in [0, 0.1) is 0 Å². The van der Waals surface area contributed by atoms with E-state index in [1.54, 1.807) is 6.92 Å². The first-order valence-corrected chi connectivity index (χ1v) is 6.46. The van der Waals surface area contributed by atoms with Crippen LogP contribution in [0.3, 0.4) is 0 Å². The molecule has 68 valence electrons. The van der Waals surface area contributed by atoms with Gasteiger partial charge < -0.3 is 4.89 Å². The van der Waals surface area contributed by atoms with E-state index < -0.39 is 7.37 Å². The molecule has 0 saturated heterocycles. The van der Waals surface area contributed by atoms with Gasteiger partial charge in [0, 0.05) is 12.3 Å². The standard InChI is InChI=1S/C8H19O2P/c1-3-5-6-7-8-11(9,10)4-2/h3-8H2,1-2H3,(H,9,10). The summed E-state index contributed by atoms with van der Waals surface area (Å²) in [4.78, 5) is 9.18. The monoisotopic (exact) mass is 178 g/mol. The average Bonchev–Trinajstić information content (AvgIpc) is 1.99. The van der Waals surface area contributed by atoms with E-state index in [9.17, 15) is 9.46 Å². The number of hydrogen-bond acceptors (Lipinski definition) is 1. The van der Waals surface area contributed by atoms with Crippen molar-refractivity contribution in [1.82, 2.24) is 0 Å². The normalized spacial score (nSPS) is 16.3. The first kappa shape index (κ1) is 11.2. The molecule has 1 unspecified atom stereocenters. The lowest BCUT2D eigenvalue weighted by atomic mass is 10.2. The SMILES string of the molecule is CCCCCCP(=O)(O)CC. The Morgan fingerprint density at radius 1 is 1.18 bits per heavy atom. The molecule has 11 heavy (non-hydrogen) atoms. The zero-order valence-corrected chi connectivity index (χ0v) is 8.44. The van der Waals surface area contributed by atoms with Gasteiger partial charge in [0.05, 0.1) is 0 Å². The van der Waals surface area contributed by atoms with E-state index in [0.29, 0.717) is 12.3 Å². The Hall–Kier alpha value is 0.190. The highest BCUT2D eigenvalue weighted by Crippen LogP contribution is 2.40. The van der Waals surface area contributed by atoms with Crippen LogP contribution in [0.25, 0.3) is 0 Å². The van der Waals surface area contributed by atoms with Gasteiger partial charge in [0.25, 0.3) is 0 Å². The van der Waals surface area contributed by atoms with Crippen molar-refractivity contribution in [3.63, 3.8) is 0 Å². The van der Waals surface area contributed by atoms with Crippen molar-refractivity contribution in [1.29, 1.82) is 0 Å². The van der Waals surface area contributed by atoms with Crippen LogP contribution < -0.4 is 0 Å². The van der Waals surface area contributed by atoms with Crippen molar-refractivity contribution in [2.45, 2.75) is 39.5 Å². The zero-order chi connectivity index (χ0) is 8.74. The molecule has 0 heterocycles. The molecule has 0 aliphatic carbocycles. The van der Waals surface area contributed by atoms with Crippen LogP contribution in [0.1, 0.15) is 39.5 Å². The van der Waals surface area contributed by atoms with Crippen LogP contribution in [0.2, 0.25) is 0 Å². The van der Waals surface area contributed by atoms with Crippen molar-refractivity contribution < 1.29 is 9.46 Å². The second kappa shape index (κ2) is 5.79. The molecule has 0 aliphatic heterocycles. The quantitative estimate of drug-likeness (QED) is 0.501. The number of rotatable bonds is 6. The van der Waals surface area contributed by atoms with Gasteiger partial charge in [0.1, 0.15) is 0 Å². The fourth-order valence-corrected chi connectivity index (χ4v) is 1.98. The van der Waals surface area contributed by atoms with Crippen molar-refractivity contribution in [2.75, 3.05) is 12.3 Å². The highest BCUT2D eigenvalue weighted by Gasteiger charge is 2.12. The molecule has 0 aromatic heterocycles. The van der Waals surface area contributed by atoms with Crippen LogP contribution in [-0.4, -0.2) is 17.2 Å². The van der Waals surface area contributed by atoms with E-state index in [-0.39, 0.29) is 0 Å². The van der Waals surface area contributed by atoms with Crippen molar-refractivity contribution in [2.24, 2.45) is 0 Å². The van der Waals surface area contributed by atoms with Gasteiger partial charge in [0.2, 0.25) is 0 Å². The smallest absolute Gasteiger partial charge is 0.200 e. The van der Waals surface area contributed by atoms with Gasteiger partial charge in [-0.1, -0.05) is 33.1 Å². The molecule has 0 radical (unpaired) electrons. The maximum atomic E-state index is 11.1. The van der Waals surface area contributed by atoms with Crippen molar-refractivity contribution >= 4 is 7.37 Å². The molecule has 1 atom stereocenters. The van der Waals surface area contributed by atoms with Crippen molar-refractivity contribution in [3.05, 3.63) is 0 Å². The first-order valence-electron chi connectivity index (χ1n) is 4.43. The van der Waals surface area contributed by atoms with Gasteiger partial charge >= 0.3 is 0 Å². The molecule has 0 aromatic carbocycles. The Bertz CT molecular complexity index is 134. The lowest BCUT2D eigenvalue weighted by Crippen LogP contribution is -1.91. The van der Waals surface area contributed by atoms with E-state index in [1.165, 1.54) is 12.8 Å². The Kier molecular flexibility index (Phi) is 5.89. The van der Waals surface area contributed by atoms with Crippen LogP contribution in [0.15, 0.2) is 0 Å². The molecular weight excluding hydrogens is 159 g/mol. The Balaban J connectivity index is 3.31. The van der Waals surface area contributed by atoms with Gasteiger partial charge in [-0.2, -0.15) is 0 Å². The number of unbranched alkanes of at least 4 members (excludes halogenated alkanes) is 3. The molecule has 0 spiro atoms. The molecule has 0 fully saturated rings. The lowest BCUT2D eigenvalue weighted by Gasteiger charge is -2.07. The van der Waals surface area contributed by atoms with Crippen LogP contribution in [0.4, 0.5) is 0 Å². The van der Waals surface area contributed by atoms with E-state index in [1.807, 2.05) is 0 Å². The van der Waals surface area contributed by atoms with E-state index >= 15 is 0 Å². The molecule has 0 rings (SSSR count). The Morgan fingerprint density at radius 3 is 2.27 bits per heavy atom. The summed E-state index contributed by atoms with van der Waals surface area (Å²) in [6.07, 6.45) is 5.32. The van der Waals surface area contributed by atoms with Gasteiger partial charge in [-0.15, -0.1) is 0 Å².